The van der Waals surface area contributed by atoms with Crippen LogP contribution in [-0.4, -0.2) is 53.7 Å². The molecule has 1 saturated heterocycles. The van der Waals surface area contributed by atoms with Crippen molar-refractivity contribution in [1.29, 1.82) is 0 Å². The summed E-state index contributed by atoms with van der Waals surface area (Å²) < 4.78 is 29.3. The molecule has 27 heavy (non-hydrogen) atoms. The maximum Gasteiger partial charge on any atom is 0.266 e. The van der Waals surface area contributed by atoms with Gasteiger partial charge in [-0.2, -0.15) is 5.10 Å². The van der Waals surface area contributed by atoms with Gasteiger partial charge in [-0.15, -0.1) is 0 Å². The number of carbonyl (C=O) groups excluding carboxylic acids is 1. The van der Waals surface area contributed by atoms with Crippen LogP contribution in [0.15, 0.2) is 41.6 Å². The number of aryl methyl sites for hydroxylation is 1. The summed E-state index contributed by atoms with van der Waals surface area (Å²) in [6, 6.07) is 7.15. The molecule has 140 valence electrons. The van der Waals surface area contributed by atoms with E-state index in [1.54, 1.807) is 30.1 Å². The second kappa shape index (κ2) is 6.50. The Kier molecular flexibility index (Phi) is 4.15. The summed E-state index contributed by atoms with van der Waals surface area (Å²) >= 11 is 0. The third-order valence-corrected chi connectivity index (χ3v) is 5.41. The van der Waals surface area contributed by atoms with E-state index < -0.39 is 10.0 Å². The summed E-state index contributed by atoms with van der Waals surface area (Å²) in [4.78, 5) is 22.5. The lowest BCUT2D eigenvalue weighted by atomic mass is 10.3. The number of nitrogens with zero attached hydrogens (tertiary/aromatic N) is 5. The van der Waals surface area contributed by atoms with Crippen LogP contribution in [-0.2, 0) is 21.9 Å². The topological polar surface area (TPSA) is 122 Å². The molecule has 11 heteroatoms. The number of carbonyl (C=O) groups is 1. The number of para-hydroxylation sites is 2. The summed E-state index contributed by atoms with van der Waals surface area (Å²) in [6.07, 6.45) is 2.65. The highest BCUT2D eigenvalue weighted by Crippen LogP contribution is 2.27. The number of benzene rings is 1. The molecular weight excluding hydrogens is 370 g/mol. The van der Waals surface area contributed by atoms with Crippen LogP contribution in [0, 0.1) is 0 Å². The number of fused-ring (bicyclic) bond motifs is 1. The number of rotatable bonds is 4. The van der Waals surface area contributed by atoms with Crippen LogP contribution in [0.4, 0.5) is 11.6 Å². The van der Waals surface area contributed by atoms with Crippen molar-refractivity contribution in [3.05, 3.63) is 36.7 Å². The SMILES string of the molecule is Cn1cc(S(=O)(=O)Nc2nc3ccccc3nc2N2CCNC(=O)C2)cn1. The van der Waals surface area contributed by atoms with Gasteiger partial charge in [0.05, 0.1) is 23.8 Å². The van der Waals surface area contributed by atoms with Crippen molar-refractivity contribution in [3.63, 3.8) is 0 Å². The number of amides is 1. The Morgan fingerprint density at radius 1 is 1.19 bits per heavy atom. The largest absolute Gasteiger partial charge is 0.353 e. The van der Waals surface area contributed by atoms with Crippen molar-refractivity contribution < 1.29 is 13.2 Å². The summed E-state index contributed by atoms with van der Waals surface area (Å²) in [7, 11) is -2.27. The Morgan fingerprint density at radius 2 is 1.93 bits per heavy atom. The molecule has 0 unspecified atom stereocenters. The van der Waals surface area contributed by atoms with E-state index in [9.17, 15) is 13.2 Å². The molecule has 1 aliphatic heterocycles. The van der Waals surface area contributed by atoms with Gasteiger partial charge in [-0.3, -0.25) is 14.2 Å². The van der Waals surface area contributed by atoms with E-state index in [0.29, 0.717) is 29.9 Å². The first kappa shape index (κ1) is 17.2. The molecule has 10 nitrogen and oxygen atoms in total. The van der Waals surface area contributed by atoms with Gasteiger partial charge in [-0.05, 0) is 12.1 Å². The number of sulfonamides is 1. The third-order valence-electron chi connectivity index (χ3n) is 4.11. The zero-order chi connectivity index (χ0) is 19.0. The maximum atomic E-state index is 12.7. The summed E-state index contributed by atoms with van der Waals surface area (Å²) in [5.41, 5.74) is 1.16. The molecule has 2 aromatic heterocycles. The Morgan fingerprint density at radius 3 is 2.59 bits per heavy atom. The highest BCUT2D eigenvalue weighted by Gasteiger charge is 2.25. The van der Waals surface area contributed by atoms with Gasteiger partial charge < -0.3 is 10.2 Å². The van der Waals surface area contributed by atoms with Gasteiger partial charge in [0.25, 0.3) is 10.0 Å². The quantitative estimate of drug-likeness (QED) is 0.651. The molecule has 0 aliphatic carbocycles. The zero-order valence-corrected chi connectivity index (χ0v) is 15.3. The van der Waals surface area contributed by atoms with E-state index in [2.05, 4.69) is 25.1 Å². The third kappa shape index (κ3) is 3.40. The van der Waals surface area contributed by atoms with Gasteiger partial charge in [0.2, 0.25) is 5.91 Å². The van der Waals surface area contributed by atoms with Crippen molar-refractivity contribution in [2.24, 2.45) is 7.05 Å². The summed E-state index contributed by atoms with van der Waals surface area (Å²) in [6.45, 7) is 1.02. The monoisotopic (exact) mass is 387 g/mol. The second-order valence-electron chi connectivity index (χ2n) is 6.11. The lowest BCUT2D eigenvalue weighted by Gasteiger charge is -2.29. The average Bonchev–Trinajstić information content (AvgIpc) is 3.08. The molecule has 0 saturated carbocycles. The van der Waals surface area contributed by atoms with E-state index >= 15 is 0 Å². The minimum Gasteiger partial charge on any atom is -0.353 e. The van der Waals surface area contributed by atoms with Gasteiger partial charge in [0.1, 0.15) is 4.90 Å². The smallest absolute Gasteiger partial charge is 0.266 e. The van der Waals surface area contributed by atoms with Gasteiger partial charge in [0, 0.05) is 26.3 Å². The lowest BCUT2D eigenvalue weighted by molar-refractivity contribution is -0.120. The number of hydrogen-bond acceptors (Lipinski definition) is 7. The zero-order valence-electron chi connectivity index (χ0n) is 14.5. The van der Waals surface area contributed by atoms with Crippen LogP contribution in [0.5, 0.6) is 0 Å². The predicted molar refractivity (Wildman–Crippen MR) is 98.8 cm³/mol. The van der Waals surface area contributed by atoms with Crippen LogP contribution >= 0.6 is 0 Å². The Balaban J connectivity index is 1.80. The van der Waals surface area contributed by atoms with Crippen LogP contribution in [0.25, 0.3) is 11.0 Å². The Hall–Kier alpha value is -3.21. The molecular formula is C16H17N7O3S. The maximum absolute atomic E-state index is 12.7. The minimum absolute atomic E-state index is 0.0160. The van der Waals surface area contributed by atoms with Crippen LogP contribution in [0.3, 0.4) is 0 Å². The van der Waals surface area contributed by atoms with Gasteiger partial charge in [0.15, 0.2) is 11.6 Å². The van der Waals surface area contributed by atoms with Crippen molar-refractivity contribution in [2.75, 3.05) is 29.3 Å². The van der Waals surface area contributed by atoms with Crippen molar-refractivity contribution in [2.45, 2.75) is 4.90 Å². The number of hydrogen-bond donors (Lipinski definition) is 2. The van der Waals surface area contributed by atoms with Gasteiger partial charge in [-0.25, -0.2) is 18.4 Å². The van der Waals surface area contributed by atoms with Gasteiger partial charge >= 0.3 is 0 Å². The molecule has 0 bridgehead atoms. The Bertz CT molecular complexity index is 1130. The van der Waals surface area contributed by atoms with E-state index in [0.717, 1.165) is 0 Å². The summed E-state index contributed by atoms with van der Waals surface area (Å²) in [5.74, 6) is 0.237. The molecule has 1 fully saturated rings. The predicted octanol–water partition coefficient (Wildman–Crippen LogP) is 0.100. The van der Waals surface area contributed by atoms with Gasteiger partial charge in [-0.1, -0.05) is 12.1 Å². The van der Waals surface area contributed by atoms with E-state index in [1.807, 2.05) is 6.07 Å². The normalized spacial score (nSPS) is 15.0. The van der Waals surface area contributed by atoms with E-state index in [-0.39, 0.29) is 23.2 Å². The fourth-order valence-corrected chi connectivity index (χ4v) is 3.81. The molecule has 1 aromatic carbocycles. The molecule has 0 radical (unpaired) electrons. The van der Waals surface area contributed by atoms with Crippen molar-refractivity contribution in [3.8, 4) is 0 Å². The number of anilines is 2. The molecule has 0 atom stereocenters. The fraction of sp³-hybridized carbons (Fsp3) is 0.250. The highest BCUT2D eigenvalue weighted by molar-refractivity contribution is 7.92. The number of piperazine rings is 1. The van der Waals surface area contributed by atoms with Crippen molar-refractivity contribution >= 4 is 38.6 Å². The molecule has 2 N–H and O–H groups in total. The number of nitrogens with one attached hydrogen (secondary N) is 2. The first-order valence-electron chi connectivity index (χ1n) is 8.22. The standard InChI is InChI=1S/C16H17N7O3S/c1-22-9-11(8-18-22)27(25,26)21-15-16(23-7-6-17-14(24)10-23)20-13-5-3-2-4-12(13)19-15/h2-5,8-9H,6-7,10H2,1H3,(H,17,24)(H,19,21). The summed E-state index contributed by atoms with van der Waals surface area (Å²) in [5, 5.41) is 6.63. The molecule has 0 spiro atoms. The van der Waals surface area contributed by atoms with E-state index in [1.165, 1.54) is 17.1 Å². The van der Waals surface area contributed by atoms with E-state index in [4.69, 9.17) is 0 Å². The first-order valence-corrected chi connectivity index (χ1v) is 9.70. The average molecular weight is 387 g/mol. The van der Waals surface area contributed by atoms with Crippen LogP contribution < -0.4 is 14.9 Å². The second-order valence-corrected chi connectivity index (χ2v) is 7.79. The van der Waals surface area contributed by atoms with Crippen LogP contribution in [0.2, 0.25) is 0 Å². The first-order chi connectivity index (χ1) is 12.9. The molecule has 4 rings (SSSR count). The highest BCUT2D eigenvalue weighted by atomic mass is 32.2. The minimum atomic E-state index is -3.90. The fourth-order valence-electron chi connectivity index (χ4n) is 2.82. The van der Waals surface area contributed by atoms with Crippen molar-refractivity contribution in [1.82, 2.24) is 25.1 Å². The lowest BCUT2D eigenvalue weighted by Crippen LogP contribution is -2.48. The molecule has 3 heterocycles. The molecule has 1 aliphatic rings. The molecule has 3 aromatic rings. The van der Waals surface area contributed by atoms with Crippen LogP contribution in [0.1, 0.15) is 0 Å². The Labute approximate surface area is 155 Å². The molecule has 1 amide bonds. The number of aromatic nitrogens is 4.